The predicted octanol–water partition coefficient (Wildman–Crippen LogP) is 3.14. The van der Waals surface area contributed by atoms with Crippen molar-refractivity contribution >= 4 is 11.6 Å². The largest absolute Gasteiger partial charge is 0.369 e. The minimum Gasteiger partial charge on any atom is -0.369 e. The average molecular weight is 317 g/mol. The van der Waals surface area contributed by atoms with Gasteiger partial charge in [0, 0.05) is 36.4 Å². The number of nitrogens with zero attached hydrogens (tertiary/aromatic N) is 2. The van der Waals surface area contributed by atoms with Crippen LogP contribution >= 0.6 is 0 Å². The number of amides is 1. The zero-order chi connectivity index (χ0) is 16.8. The summed E-state index contributed by atoms with van der Waals surface area (Å²) in [6, 6.07) is 8.92. The van der Waals surface area contributed by atoms with Crippen LogP contribution in [0, 0.1) is 0 Å². The van der Waals surface area contributed by atoms with Crippen LogP contribution in [0.5, 0.6) is 0 Å². The lowest BCUT2D eigenvalue weighted by atomic mass is 10.1. The predicted molar refractivity (Wildman–Crippen MR) is 97.2 cm³/mol. The third kappa shape index (κ3) is 4.47. The molecule has 1 N–H and O–H groups in total. The second-order valence-electron chi connectivity index (χ2n) is 6.56. The molecule has 1 aliphatic rings. The highest BCUT2D eigenvalue weighted by molar-refractivity contribution is 5.94. The Bertz CT molecular complexity index is 498. The summed E-state index contributed by atoms with van der Waals surface area (Å²) in [4.78, 5) is 17.1. The average Bonchev–Trinajstić information content (AvgIpc) is 3.01. The highest BCUT2D eigenvalue weighted by Crippen LogP contribution is 2.18. The molecule has 128 valence electrons. The van der Waals surface area contributed by atoms with E-state index in [0.717, 1.165) is 31.7 Å². The third-order valence-electron chi connectivity index (χ3n) is 4.83. The number of nitrogens with one attached hydrogen (secondary N) is 1. The molecule has 0 bridgehead atoms. The van der Waals surface area contributed by atoms with Crippen molar-refractivity contribution in [1.29, 1.82) is 0 Å². The molecule has 1 atom stereocenters. The molecule has 0 radical (unpaired) electrons. The van der Waals surface area contributed by atoms with Crippen molar-refractivity contribution in [1.82, 2.24) is 10.2 Å². The van der Waals surface area contributed by atoms with Crippen LogP contribution < -0.4 is 10.2 Å². The van der Waals surface area contributed by atoms with Crippen LogP contribution in [-0.4, -0.2) is 49.1 Å². The van der Waals surface area contributed by atoms with E-state index >= 15 is 0 Å². The SMILES string of the molecule is CCN1CCCC1CNC(=O)c1ccc(N(CC)C(C)C)cc1. The fourth-order valence-electron chi connectivity index (χ4n) is 3.51. The van der Waals surface area contributed by atoms with Crippen molar-refractivity contribution in [2.24, 2.45) is 0 Å². The Morgan fingerprint density at radius 2 is 2.00 bits per heavy atom. The van der Waals surface area contributed by atoms with Crippen LogP contribution in [0.3, 0.4) is 0 Å². The summed E-state index contributed by atoms with van der Waals surface area (Å²) in [7, 11) is 0. The molecule has 0 aromatic heterocycles. The summed E-state index contributed by atoms with van der Waals surface area (Å²) in [5.74, 6) is 0.0344. The molecule has 1 fully saturated rings. The number of benzene rings is 1. The minimum absolute atomic E-state index is 0.0344. The lowest BCUT2D eigenvalue weighted by Crippen LogP contribution is -2.40. The normalized spacial score (nSPS) is 18.4. The fraction of sp³-hybridized carbons (Fsp3) is 0.632. The Hall–Kier alpha value is -1.55. The van der Waals surface area contributed by atoms with E-state index in [1.165, 1.54) is 18.5 Å². The molecule has 1 heterocycles. The van der Waals surface area contributed by atoms with E-state index in [9.17, 15) is 4.79 Å². The minimum atomic E-state index is 0.0344. The molecule has 0 aliphatic carbocycles. The van der Waals surface area contributed by atoms with E-state index in [-0.39, 0.29) is 5.91 Å². The molecule has 1 aromatic carbocycles. The molecular weight excluding hydrogens is 286 g/mol. The highest BCUT2D eigenvalue weighted by Gasteiger charge is 2.23. The maximum absolute atomic E-state index is 12.3. The first-order valence-electron chi connectivity index (χ1n) is 8.95. The molecular formula is C19H31N3O. The Balaban J connectivity index is 1.92. The Morgan fingerprint density at radius 3 is 2.57 bits per heavy atom. The van der Waals surface area contributed by atoms with Crippen LogP contribution in [0.25, 0.3) is 0 Å². The summed E-state index contributed by atoms with van der Waals surface area (Å²) in [5.41, 5.74) is 1.92. The van der Waals surface area contributed by atoms with Crippen molar-refractivity contribution in [2.45, 2.75) is 52.6 Å². The van der Waals surface area contributed by atoms with Crippen molar-refractivity contribution in [2.75, 3.05) is 31.1 Å². The summed E-state index contributed by atoms with van der Waals surface area (Å²) in [5, 5.41) is 3.10. The van der Waals surface area contributed by atoms with Crippen LogP contribution in [0.2, 0.25) is 0 Å². The van der Waals surface area contributed by atoms with E-state index in [2.05, 4.69) is 42.8 Å². The lowest BCUT2D eigenvalue weighted by Gasteiger charge is -2.27. The maximum atomic E-state index is 12.3. The van der Waals surface area contributed by atoms with Gasteiger partial charge in [0.25, 0.3) is 5.91 Å². The molecule has 1 aromatic rings. The number of anilines is 1. The fourth-order valence-corrected chi connectivity index (χ4v) is 3.51. The Kier molecular flexibility index (Phi) is 6.46. The molecule has 0 spiro atoms. The van der Waals surface area contributed by atoms with Crippen LogP contribution in [-0.2, 0) is 0 Å². The van der Waals surface area contributed by atoms with Gasteiger partial charge in [-0.05, 0) is 71.0 Å². The number of rotatable bonds is 7. The molecule has 4 heteroatoms. The van der Waals surface area contributed by atoms with Crippen LogP contribution in [0.4, 0.5) is 5.69 Å². The number of hydrogen-bond donors (Lipinski definition) is 1. The van der Waals surface area contributed by atoms with Gasteiger partial charge in [-0.3, -0.25) is 9.69 Å². The topological polar surface area (TPSA) is 35.6 Å². The van der Waals surface area contributed by atoms with Crippen molar-refractivity contribution in [3.8, 4) is 0 Å². The van der Waals surface area contributed by atoms with Crippen molar-refractivity contribution in [3.05, 3.63) is 29.8 Å². The molecule has 1 amide bonds. The van der Waals surface area contributed by atoms with Gasteiger partial charge in [0.15, 0.2) is 0 Å². The third-order valence-corrected chi connectivity index (χ3v) is 4.83. The maximum Gasteiger partial charge on any atom is 0.251 e. The molecule has 2 rings (SSSR count). The second kappa shape index (κ2) is 8.34. The van der Waals surface area contributed by atoms with Crippen molar-refractivity contribution < 1.29 is 4.79 Å². The Labute approximate surface area is 140 Å². The van der Waals surface area contributed by atoms with Gasteiger partial charge in [-0.1, -0.05) is 6.92 Å². The van der Waals surface area contributed by atoms with E-state index < -0.39 is 0 Å². The van der Waals surface area contributed by atoms with Gasteiger partial charge >= 0.3 is 0 Å². The summed E-state index contributed by atoms with van der Waals surface area (Å²) < 4.78 is 0. The van der Waals surface area contributed by atoms with Gasteiger partial charge in [-0.15, -0.1) is 0 Å². The van der Waals surface area contributed by atoms with Gasteiger partial charge in [0.1, 0.15) is 0 Å². The van der Waals surface area contributed by atoms with E-state index in [4.69, 9.17) is 0 Å². The number of likely N-dealkylation sites (N-methyl/N-ethyl adjacent to an activating group) is 1. The van der Waals surface area contributed by atoms with Gasteiger partial charge in [-0.25, -0.2) is 0 Å². The molecule has 23 heavy (non-hydrogen) atoms. The zero-order valence-electron chi connectivity index (χ0n) is 15.0. The lowest BCUT2D eigenvalue weighted by molar-refractivity contribution is 0.0941. The van der Waals surface area contributed by atoms with E-state index in [1.54, 1.807) is 0 Å². The Morgan fingerprint density at radius 1 is 1.30 bits per heavy atom. The first-order chi connectivity index (χ1) is 11.1. The van der Waals surface area contributed by atoms with Crippen LogP contribution in [0.1, 0.15) is 50.9 Å². The highest BCUT2D eigenvalue weighted by atomic mass is 16.1. The quantitative estimate of drug-likeness (QED) is 0.839. The molecule has 1 saturated heterocycles. The smallest absolute Gasteiger partial charge is 0.251 e. The van der Waals surface area contributed by atoms with Gasteiger partial charge in [-0.2, -0.15) is 0 Å². The first kappa shape index (κ1) is 17.8. The number of hydrogen-bond acceptors (Lipinski definition) is 3. The molecule has 0 saturated carbocycles. The second-order valence-corrected chi connectivity index (χ2v) is 6.56. The molecule has 1 aliphatic heterocycles. The van der Waals surface area contributed by atoms with Crippen LogP contribution in [0.15, 0.2) is 24.3 Å². The van der Waals surface area contributed by atoms with E-state index in [1.807, 2.05) is 24.3 Å². The van der Waals surface area contributed by atoms with Crippen molar-refractivity contribution in [3.63, 3.8) is 0 Å². The summed E-state index contributed by atoms with van der Waals surface area (Å²) in [6.07, 6.45) is 2.43. The number of likely N-dealkylation sites (tertiary alicyclic amines) is 1. The summed E-state index contributed by atoms with van der Waals surface area (Å²) >= 11 is 0. The molecule has 4 nitrogen and oxygen atoms in total. The molecule has 1 unspecified atom stereocenters. The zero-order valence-corrected chi connectivity index (χ0v) is 15.0. The first-order valence-corrected chi connectivity index (χ1v) is 8.95. The van der Waals surface area contributed by atoms with E-state index in [0.29, 0.717) is 12.1 Å². The van der Waals surface area contributed by atoms with Gasteiger partial charge in [0.05, 0.1) is 0 Å². The number of carbonyl (C=O) groups excluding carboxylic acids is 1. The monoisotopic (exact) mass is 317 g/mol. The van der Waals surface area contributed by atoms with Gasteiger partial charge in [0.2, 0.25) is 0 Å². The number of carbonyl (C=O) groups is 1. The van der Waals surface area contributed by atoms with Gasteiger partial charge < -0.3 is 10.2 Å². The summed E-state index contributed by atoms with van der Waals surface area (Å²) in [6.45, 7) is 12.7. The standard InChI is InChI=1S/C19H31N3O/c1-5-21-13-7-8-18(21)14-20-19(23)16-9-11-17(12-10-16)22(6-2)15(3)4/h9-12,15,18H,5-8,13-14H2,1-4H3,(H,20,23).